The largest absolute Gasteiger partial charge is 0.478 e. The van der Waals surface area contributed by atoms with Crippen molar-refractivity contribution >= 4 is 28.3 Å². The van der Waals surface area contributed by atoms with Crippen molar-refractivity contribution in [2.75, 3.05) is 10.0 Å². The number of nitrogens with one attached hydrogen (secondary N) is 2. The molecule has 0 saturated carbocycles. The Bertz CT molecular complexity index is 1110. The lowest BCUT2D eigenvalue weighted by molar-refractivity contribution is 0.0696. The molecule has 0 spiro atoms. The number of carbonyl (C=O) groups is 1. The van der Waals surface area contributed by atoms with Gasteiger partial charge in [0.15, 0.2) is 0 Å². The molecular weight excluding hydrogens is 396 g/mol. The van der Waals surface area contributed by atoms with Gasteiger partial charge < -0.3 is 15.1 Å². The van der Waals surface area contributed by atoms with Crippen LogP contribution in [0.1, 0.15) is 41.4 Å². The number of aromatic carboxylic acids is 1. The van der Waals surface area contributed by atoms with Gasteiger partial charge in [-0.05, 0) is 59.4 Å². The summed E-state index contributed by atoms with van der Waals surface area (Å²) in [4.78, 5) is 12.1. The summed E-state index contributed by atoms with van der Waals surface area (Å²) < 4.78 is 16.0. The highest BCUT2D eigenvalue weighted by Crippen LogP contribution is 2.46. The minimum absolute atomic E-state index is 0.0304. The first-order chi connectivity index (χ1) is 14.3. The summed E-state index contributed by atoms with van der Waals surface area (Å²) in [6.07, 6.45) is 0.733. The molecule has 154 valence electrons. The number of anilines is 2. The first kappa shape index (κ1) is 20.2. The number of benzene rings is 3. The summed E-state index contributed by atoms with van der Waals surface area (Å²) in [6, 6.07) is 22.4. The van der Waals surface area contributed by atoms with Crippen LogP contribution in [0.5, 0.6) is 0 Å². The lowest BCUT2D eigenvalue weighted by Crippen LogP contribution is -2.35. The van der Waals surface area contributed by atoms with Crippen LogP contribution < -0.4 is 10.0 Å². The van der Waals surface area contributed by atoms with E-state index in [4.69, 9.17) is 0 Å². The SMILES string of the molecule is CC1(C)Cc2cc(C(=O)O)ccc2NC1c1ccccc1NS(=O)c1ccccc1. The third-order valence-corrected chi connectivity index (χ3v) is 6.62. The zero-order chi connectivity index (χ0) is 21.3. The standard InChI is InChI=1S/C24H24N2O3S/c1-24(2)15-17-14-16(23(27)28)12-13-20(17)25-22(24)19-10-6-7-11-21(19)26-30(29)18-8-4-3-5-9-18/h3-14,22,25-26H,15H2,1-2H3,(H,27,28). The minimum atomic E-state index is -1.37. The average Bonchev–Trinajstić information content (AvgIpc) is 2.73. The number of carboxylic acid groups (broad SMARTS) is 1. The molecule has 1 aliphatic heterocycles. The first-order valence-corrected chi connectivity index (χ1v) is 11.0. The molecule has 0 aliphatic carbocycles. The highest BCUT2D eigenvalue weighted by molar-refractivity contribution is 7.86. The van der Waals surface area contributed by atoms with Crippen molar-refractivity contribution < 1.29 is 14.1 Å². The van der Waals surface area contributed by atoms with Crippen molar-refractivity contribution in [1.82, 2.24) is 0 Å². The van der Waals surface area contributed by atoms with Crippen molar-refractivity contribution in [3.8, 4) is 0 Å². The highest BCUT2D eigenvalue weighted by Gasteiger charge is 2.37. The number of para-hydroxylation sites is 1. The molecule has 3 aromatic rings. The van der Waals surface area contributed by atoms with Crippen LogP contribution in [-0.4, -0.2) is 15.3 Å². The highest BCUT2D eigenvalue weighted by atomic mass is 32.2. The van der Waals surface area contributed by atoms with Gasteiger partial charge in [-0.25, -0.2) is 9.00 Å². The van der Waals surface area contributed by atoms with E-state index in [-0.39, 0.29) is 11.5 Å². The van der Waals surface area contributed by atoms with E-state index in [1.54, 1.807) is 12.1 Å². The van der Waals surface area contributed by atoms with E-state index in [0.29, 0.717) is 5.56 Å². The molecule has 3 aromatic carbocycles. The molecule has 3 N–H and O–H groups in total. The van der Waals surface area contributed by atoms with E-state index >= 15 is 0 Å². The maximum absolute atomic E-state index is 12.8. The third-order valence-electron chi connectivity index (χ3n) is 5.51. The van der Waals surface area contributed by atoms with Gasteiger partial charge in [-0.1, -0.05) is 50.2 Å². The van der Waals surface area contributed by atoms with Gasteiger partial charge in [0.25, 0.3) is 0 Å². The predicted molar refractivity (Wildman–Crippen MR) is 120 cm³/mol. The normalized spacial score (nSPS) is 18.0. The molecule has 30 heavy (non-hydrogen) atoms. The Kier molecular flexibility index (Phi) is 5.35. The topological polar surface area (TPSA) is 78.4 Å². The summed E-state index contributed by atoms with van der Waals surface area (Å²) in [5.74, 6) is -0.921. The van der Waals surface area contributed by atoms with Gasteiger partial charge in [-0.2, -0.15) is 0 Å². The van der Waals surface area contributed by atoms with Gasteiger partial charge >= 0.3 is 5.97 Å². The monoisotopic (exact) mass is 420 g/mol. The zero-order valence-electron chi connectivity index (χ0n) is 16.9. The van der Waals surface area contributed by atoms with E-state index in [1.165, 1.54) is 0 Å². The van der Waals surface area contributed by atoms with E-state index in [1.807, 2.05) is 60.7 Å². The van der Waals surface area contributed by atoms with Crippen LogP contribution in [-0.2, 0) is 17.4 Å². The van der Waals surface area contributed by atoms with E-state index < -0.39 is 17.0 Å². The maximum Gasteiger partial charge on any atom is 0.335 e. The Morgan fingerprint density at radius 3 is 2.50 bits per heavy atom. The number of fused-ring (bicyclic) bond motifs is 1. The van der Waals surface area contributed by atoms with Crippen molar-refractivity contribution in [2.24, 2.45) is 5.41 Å². The molecule has 5 nitrogen and oxygen atoms in total. The number of hydrogen-bond acceptors (Lipinski definition) is 3. The first-order valence-electron chi connectivity index (χ1n) is 9.80. The van der Waals surface area contributed by atoms with Crippen LogP contribution >= 0.6 is 0 Å². The molecule has 1 heterocycles. The molecular formula is C24H24N2O3S. The molecule has 0 radical (unpaired) electrons. The van der Waals surface area contributed by atoms with Gasteiger partial charge in [0.2, 0.25) is 0 Å². The van der Waals surface area contributed by atoms with Crippen molar-refractivity contribution in [2.45, 2.75) is 31.2 Å². The average molecular weight is 421 g/mol. The number of carboxylic acids is 1. The molecule has 6 heteroatoms. The van der Waals surface area contributed by atoms with Gasteiger partial charge in [0.1, 0.15) is 11.0 Å². The van der Waals surface area contributed by atoms with Crippen molar-refractivity contribution in [3.63, 3.8) is 0 Å². The van der Waals surface area contributed by atoms with Crippen molar-refractivity contribution in [1.29, 1.82) is 0 Å². The molecule has 0 fully saturated rings. The molecule has 0 aromatic heterocycles. The third kappa shape index (κ3) is 3.96. The van der Waals surface area contributed by atoms with E-state index in [0.717, 1.165) is 33.8 Å². The lowest BCUT2D eigenvalue weighted by atomic mass is 9.72. The van der Waals surface area contributed by atoms with Crippen molar-refractivity contribution in [3.05, 3.63) is 89.5 Å². The second-order valence-corrected chi connectivity index (χ2v) is 9.40. The summed E-state index contributed by atoms with van der Waals surface area (Å²) >= 11 is 0. The molecule has 2 atom stereocenters. The lowest BCUT2D eigenvalue weighted by Gasteiger charge is -2.42. The Morgan fingerprint density at radius 1 is 1.07 bits per heavy atom. The fourth-order valence-corrected chi connectivity index (χ4v) is 4.91. The summed E-state index contributed by atoms with van der Waals surface area (Å²) in [5.41, 5.74) is 3.88. The van der Waals surface area contributed by atoms with Gasteiger partial charge in [0, 0.05) is 5.69 Å². The maximum atomic E-state index is 12.8. The molecule has 1 aliphatic rings. The van der Waals surface area contributed by atoms with E-state index in [2.05, 4.69) is 23.9 Å². The molecule has 2 unspecified atom stereocenters. The van der Waals surface area contributed by atoms with Gasteiger partial charge in [-0.15, -0.1) is 0 Å². The minimum Gasteiger partial charge on any atom is -0.478 e. The summed E-state index contributed by atoms with van der Waals surface area (Å²) in [7, 11) is -1.37. The quantitative estimate of drug-likeness (QED) is 0.526. The molecule has 0 bridgehead atoms. The number of rotatable bonds is 5. The second-order valence-electron chi connectivity index (χ2n) is 8.19. The Morgan fingerprint density at radius 2 is 1.77 bits per heavy atom. The fourth-order valence-electron chi connectivity index (χ4n) is 4.00. The summed E-state index contributed by atoms with van der Waals surface area (Å²) in [6.45, 7) is 4.32. The van der Waals surface area contributed by atoms with Crippen LogP contribution in [0.25, 0.3) is 0 Å². The fraction of sp³-hybridized carbons (Fsp3) is 0.208. The van der Waals surface area contributed by atoms with Crippen LogP contribution in [0.3, 0.4) is 0 Å². The van der Waals surface area contributed by atoms with Gasteiger partial charge in [-0.3, -0.25) is 0 Å². The van der Waals surface area contributed by atoms with Crippen LogP contribution in [0.4, 0.5) is 11.4 Å². The van der Waals surface area contributed by atoms with Crippen LogP contribution in [0, 0.1) is 5.41 Å². The van der Waals surface area contributed by atoms with Crippen LogP contribution in [0.15, 0.2) is 77.7 Å². The Hall–Kier alpha value is -3.12. The zero-order valence-corrected chi connectivity index (χ0v) is 17.7. The summed E-state index contributed by atoms with van der Waals surface area (Å²) in [5, 5.41) is 12.9. The smallest absolute Gasteiger partial charge is 0.335 e. The van der Waals surface area contributed by atoms with E-state index in [9.17, 15) is 14.1 Å². The second kappa shape index (κ2) is 7.95. The van der Waals surface area contributed by atoms with Gasteiger partial charge in [0.05, 0.1) is 22.2 Å². The Balaban J connectivity index is 1.67. The Labute approximate surface area is 178 Å². The van der Waals surface area contributed by atoms with Crippen LogP contribution in [0.2, 0.25) is 0 Å². The number of hydrogen-bond donors (Lipinski definition) is 3. The molecule has 4 rings (SSSR count). The predicted octanol–water partition coefficient (Wildman–Crippen LogP) is 5.26. The molecule has 0 amide bonds. The molecule has 0 saturated heterocycles.